The van der Waals surface area contributed by atoms with Gasteiger partial charge in [0.25, 0.3) is 0 Å². The number of nitrogens with zero attached hydrogens (tertiary/aromatic N) is 4. The quantitative estimate of drug-likeness (QED) is 0.236. The lowest BCUT2D eigenvalue weighted by Gasteiger charge is -2.28. The molecule has 8 nitrogen and oxygen atoms in total. The Labute approximate surface area is 248 Å². The lowest BCUT2D eigenvalue weighted by atomic mass is 9.96. The van der Waals surface area contributed by atoms with Crippen LogP contribution in [0.3, 0.4) is 0 Å². The van der Waals surface area contributed by atoms with Crippen molar-refractivity contribution in [3.63, 3.8) is 0 Å². The van der Waals surface area contributed by atoms with Crippen molar-refractivity contribution in [2.75, 3.05) is 33.9 Å². The molecule has 10 heteroatoms. The second-order valence-corrected chi connectivity index (χ2v) is 12.4. The lowest BCUT2D eigenvalue weighted by molar-refractivity contribution is 0.565. The van der Waals surface area contributed by atoms with Crippen LogP contribution in [-0.2, 0) is 10.0 Å². The van der Waals surface area contributed by atoms with Gasteiger partial charge in [-0.15, -0.1) is 0 Å². The van der Waals surface area contributed by atoms with Crippen LogP contribution in [0.2, 0.25) is 0 Å². The molecule has 4 aromatic rings. The smallest absolute Gasteiger partial charge is 0.229 e. The van der Waals surface area contributed by atoms with E-state index in [9.17, 15) is 8.42 Å². The first-order chi connectivity index (χ1) is 19.6. The van der Waals surface area contributed by atoms with Crippen molar-refractivity contribution >= 4 is 44.4 Å². The van der Waals surface area contributed by atoms with Crippen LogP contribution in [0, 0.1) is 13.8 Å². The first-order valence-electron chi connectivity index (χ1n) is 13.7. The second kappa shape index (κ2) is 11.5. The third-order valence-corrected chi connectivity index (χ3v) is 8.49. The molecule has 0 aliphatic carbocycles. The molecule has 41 heavy (non-hydrogen) atoms. The average molecular weight is 589 g/mol. The molecule has 5 rings (SSSR count). The Kier molecular flexibility index (Phi) is 8.06. The Morgan fingerprint density at radius 3 is 2.22 bits per heavy atom. The highest BCUT2D eigenvalue weighted by atomic mass is 32.2. The molecule has 0 unspecified atom stereocenters. The molecule has 2 N–H and O–H groups in total. The molecular formula is C31H36N6O2S2. The van der Waals surface area contributed by atoms with Crippen LogP contribution < -0.4 is 19.8 Å². The van der Waals surface area contributed by atoms with Crippen LogP contribution in [0.1, 0.15) is 48.6 Å². The van der Waals surface area contributed by atoms with E-state index < -0.39 is 10.0 Å². The standard InChI is InChI=1S/C31H36N6O2S2/c1-6-35(7-2)24-15-17-25(18-16-24)36-21(3)20-27(22(36)4)30-29(28-10-8-9-19-32-28)33-31(40)37(30)26-13-11-23(12-14-26)34-41(5,38)39/h8-20,29-30,34H,6-7H2,1-5H3,(H,33,40)/t29-,30+/m1/s1. The van der Waals surface area contributed by atoms with Gasteiger partial charge in [-0.05, 0) is 112 Å². The van der Waals surface area contributed by atoms with Crippen molar-refractivity contribution in [1.82, 2.24) is 14.9 Å². The molecule has 2 atom stereocenters. The average Bonchev–Trinajstić information content (AvgIpc) is 3.44. The summed E-state index contributed by atoms with van der Waals surface area (Å²) in [6.45, 7) is 10.5. The molecule has 0 bridgehead atoms. The summed E-state index contributed by atoms with van der Waals surface area (Å²) < 4.78 is 28.3. The molecule has 0 saturated carbocycles. The van der Waals surface area contributed by atoms with Crippen molar-refractivity contribution in [2.45, 2.75) is 39.8 Å². The van der Waals surface area contributed by atoms with Gasteiger partial charge in [0.15, 0.2) is 5.11 Å². The molecule has 3 heterocycles. The molecule has 0 spiro atoms. The second-order valence-electron chi connectivity index (χ2n) is 10.3. The normalized spacial score (nSPS) is 17.0. The number of aromatic nitrogens is 2. The third kappa shape index (κ3) is 5.80. The summed E-state index contributed by atoms with van der Waals surface area (Å²) in [7, 11) is -3.38. The Morgan fingerprint density at radius 2 is 1.63 bits per heavy atom. The number of sulfonamides is 1. The van der Waals surface area contributed by atoms with Gasteiger partial charge in [-0.3, -0.25) is 9.71 Å². The third-order valence-electron chi connectivity index (χ3n) is 7.57. The number of rotatable bonds is 9. The molecule has 1 saturated heterocycles. The van der Waals surface area contributed by atoms with E-state index in [4.69, 9.17) is 12.2 Å². The van der Waals surface area contributed by atoms with Crippen molar-refractivity contribution < 1.29 is 8.42 Å². The van der Waals surface area contributed by atoms with Crippen LogP contribution in [-0.4, -0.2) is 42.4 Å². The Bertz CT molecular complexity index is 1630. The van der Waals surface area contributed by atoms with Gasteiger partial charge in [0.1, 0.15) is 0 Å². The van der Waals surface area contributed by atoms with E-state index in [1.807, 2.05) is 30.3 Å². The van der Waals surface area contributed by atoms with Gasteiger partial charge < -0.3 is 19.7 Å². The van der Waals surface area contributed by atoms with E-state index in [-0.39, 0.29) is 12.1 Å². The maximum Gasteiger partial charge on any atom is 0.229 e. The predicted octanol–water partition coefficient (Wildman–Crippen LogP) is 5.88. The first kappa shape index (κ1) is 28.6. The van der Waals surface area contributed by atoms with E-state index in [1.165, 1.54) is 5.69 Å². The predicted molar refractivity (Wildman–Crippen MR) is 172 cm³/mol. The fourth-order valence-corrected chi connectivity index (χ4v) is 6.65. The molecular weight excluding hydrogens is 553 g/mol. The van der Waals surface area contributed by atoms with Crippen molar-refractivity contribution in [2.24, 2.45) is 0 Å². The zero-order valence-electron chi connectivity index (χ0n) is 24.0. The molecule has 1 aliphatic rings. The summed E-state index contributed by atoms with van der Waals surface area (Å²) in [5.74, 6) is 0. The van der Waals surface area contributed by atoms with E-state index in [1.54, 1.807) is 18.3 Å². The monoisotopic (exact) mass is 588 g/mol. The first-order valence-corrected chi connectivity index (χ1v) is 16.0. The number of thiocarbonyl (C=S) groups is 1. The Hall–Kier alpha value is -3.89. The fourth-order valence-electron chi connectivity index (χ4n) is 5.74. The fraction of sp³-hybridized carbons (Fsp3) is 0.290. The van der Waals surface area contributed by atoms with Crippen LogP contribution in [0.5, 0.6) is 0 Å². The molecule has 1 aliphatic heterocycles. The van der Waals surface area contributed by atoms with Crippen LogP contribution in [0.25, 0.3) is 5.69 Å². The van der Waals surface area contributed by atoms with E-state index in [0.29, 0.717) is 10.8 Å². The molecule has 0 radical (unpaired) electrons. The van der Waals surface area contributed by atoms with Crippen LogP contribution in [0.15, 0.2) is 79.0 Å². The number of anilines is 3. The van der Waals surface area contributed by atoms with Gasteiger partial charge in [-0.1, -0.05) is 6.07 Å². The molecule has 0 amide bonds. The maximum atomic E-state index is 11.7. The van der Waals surface area contributed by atoms with E-state index >= 15 is 0 Å². The minimum atomic E-state index is -3.38. The molecule has 2 aromatic carbocycles. The Morgan fingerprint density at radius 1 is 0.976 bits per heavy atom. The molecule has 1 fully saturated rings. The van der Waals surface area contributed by atoms with E-state index in [2.05, 4.69) is 87.4 Å². The van der Waals surface area contributed by atoms with Crippen molar-refractivity contribution in [1.29, 1.82) is 0 Å². The number of pyridine rings is 1. The number of hydrogen-bond acceptors (Lipinski definition) is 5. The maximum absolute atomic E-state index is 11.7. The molecule has 214 valence electrons. The summed E-state index contributed by atoms with van der Waals surface area (Å²) in [5, 5.41) is 4.10. The van der Waals surface area contributed by atoms with Gasteiger partial charge >= 0.3 is 0 Å². The minimum Gasteiger partial charge on any atom is -0.372 e. The Balaban J connectivity index is 1.58. The number of nitrogens with one attached hydrogen (secondary N) is 2. The minimum absolute atomic E-state index is 0.180. The SMILES string of the molecule is CCN(CC)c1ccc(-n2c(C)cc([C@H]3[C@@H](c4ccccn4)NC(=S)N3c3ccc(NS(C)(=O)=O)cc3)c2C)cc1. The highest BCUT2D eigenvalue weighted by Gasteiger charge is 2.42. The zero-order chi connectivity index (χ0) is 29.3. The van der Waals surface area contributed by atoms with Gasteiger partial charge in [-0.2, -0.15) is 0 Å². The molecule has 2 aromatic heterocycles. The highest BCUT2D eigenvalue weighted by molar-refractivity contribution is 7.92. The summed E-state index contributed by atoms with van der Waals surface area (Å²) in [6.07, 6.45) is 2.94. The largest absolute Gasteiger partial charge is 0.372 e. The van der Waals surface area contributed by atoms with Crippen molar-refractivity contribution in [3.05, 3.63) is 102 Å². The lowest BCUT2D eigenvalue weighted by Crippen LogP contribution is -2.29. The zero-order valence-corrected chi connectivity index (χ0v) is 25.6. The summed E-state index contributed by atoms with van der Waals surface area (Å²) in [5.41, 5.74) is 7.95. The van der Waals surface area contributed by atoms with Crippen LogP contribution >= 0.6 is 12.2 Å². The summed E-state index contributed by atoms with van der Waals surface area (Å²) in [4.78, 5) is 9.12. The number of aryl methyl sites for hydroxylation is 1. The highest BCUT2D eigenvalue weighted by Crippen LogP contribution is 2.44. The van der Waals surface area contributed by atoms with E-state index in [0.717, 1.165) is 53.4 Å². The van der Waals surface area contributed by atoms with Gasteiger partial charge in [0.05, 0.1) is 24.0 Å². The topological polar surface area (TPSA) is 82.5 Å². The summed E-state index contributed by atoms with van der Waals surface area (Å²) >= 11 is 5.90. The van der Waals surface area contributed by atoms with Gasteiger partial charge in [-0.25, -0.2) is 8.42 Å². The summed E-state index contributed by atoms with van der Waals surface area (Å²) in [6, 6.07) is 23.8. The van der Waals surface area contributed by atoms with Gasteiger partial charge in [0.2, 0.25) is 10.0 Å². The van der Waals surface area contributed by atoms with Crippen molar-refractivity contribution in [3.8, 4) is 5.69 Å². The number of benzene rings is 2. The number of hydrogen-bond donors (Lipinski definition) is 2. The van der Waals surface area contributed by atoms with Gasteiger partial charge in [0, 0.05) is 53.4 Å². The van der Waals surface area contributed by atoms with Crippen LogP contribution in [0.4, 0.5) is 17.1 Å².